The third-order valence-electron chi connectivity index (χ3n) is 3.83. The lowest BCUT2D eigenvalue weighted by molar-refractivity contribution is -0.132. The van der Waals surface area contributed by atoms with Crippen molar-refractivity contribution in [1.82, 2.24) is 4.90 Å². The fraction of sp³-hybridized carbons (Fsp3) is 0.800. The number of ether oxygens (including phenoxy) is 1. The van der Waals surface area contributed by atoms with Crippen LogP contribution < -0.4 is 0 Å². The Morgan fingerprint density at radius 2 is 2.00 bits per heavy atom. The molecule has 1 saturated carbocycles. The van der Waals surface area contributed by atoms with E-state index in [-0.39, 0.29) is 6.10 Å². The van der Waals surface area contributed by atoms with E-state index in [0.717, 1.165) is 25.1 Å². The van der Waals surface area contributed by atoms with Gasteiger partial charge in [-0.2, -0.15) is 0 Å². The predicted molar refractivity (Wildman–Crippen MR) is 72.3 cm³/mol. The normalized spacial score (nSPS) is 23.7. The lowest BCUT2D eigenvalue weighted by Gasteiger charge is -2.26. The van der Waals surface area contributed by atoms with Crippen LogP contribution in [0.4, 0.5) is 0 Å². The first kappa shape index (κ1) is 13.6. The van der Waals surface area contributed by atoms with Gasteiger partial charge in [0.2, 0.25) is 5.91 Å². The molecule has 18 heavy (non-hydrogen) atoms. The van der Waals surface area contributed by atoms with Crippen LogP contribution in [0.25, 0.3) is 0 Å². The predicted octanol–water partition coefficient (Wildman–Crippen LogP) is 2.76. The van der Waals surface area contributed by atoms with Crippen molar-refractivity contribution < 1.29 is 9.53 Å². The molecule has 0 aromatic carbocycles. The van der Waals surface area contributed by atoms with Crippen LogP contribution in [0.3, 0.4) is 0 Å². The van der Waals surface area contributed by atoms with Gasteiger partial charge in [-0.15, -0.1) is 0 Å². The monoisotopic (exact) mass is 251 g/mol. The Bertz CT molecular complexity index is 304. The van der Waals surface area contributed by atoms with Gasteiger partial charge in [-0.1, -0.05) is 31.4 Å². The topological polar surface area (TPSA) is 32.8 Å². The van der Waals surface area contributed by atoms with Gasteiger partial charge < -0.3 is 9.64 Å². The smallest absolute Gasteiger partial charge is 0.223 e. The van der Waals surface area contributed by atoms with Crippen LogP contribution in [0.1, 0.15) is 45.4 Å². The first-order valence-corrected chi connectivity index (χ1v) is 7.19. The minimum Gasteiger partial charge on any atom is -0.371 e. The van der Waals surface area contributed by atoms with Crippen molar-refractivity contribution in [2.24, 2.45) is 5.92 Å². The van der Waals surface area contributed by atoms with Crippen LogP contribution >= 0.6 is 0 Å². The van der Waals surface area contributed by atoms with E-state index in [9.17, 15) is 4.79 Å². The fourth-order valence-corrected chi connectivity index (χ4v) is 2.77. The minimum absolute atomic E-state index is 0.277. The molecule has 0 aromatic heterocycles. The molecule has 2 rings (SSSR count). The molecule has 0 N–H and O–H groups in total. The van der Waals surface area contributed by atoms with Crippen LogP contribution in [0.5, 0.6) is 0 Å². The van der Waals surface area contributed by atoms with Crippen molar-refractivity contribution in [3.05, 3.63) is 12.2 Å². The summed E-state index contributed by atoms with van der Waals surface area (Å²) in [5.74, 6) is 0.902. The minimum atomic E-state index is 0.277. The van der Waals surface area contributed by atoms with Gasteiger partial charge >= 0.3 is 0 Å². The van der Waals surface area contributed by atoms with Crippen molar-refractivity contribution in [3.8, 4) is 0 Å². The van der Waals surface area contributed by atoms with E-state index in [1.54, 1.807) is 0 Å². The fourth-order valence-electron chi connectivity index (χ4n) is 2.77. The lowest BCUT2D eigenvalue weighted by Crippen LogP contribution is -2.36. The van der Waals surface area contributed by atoms with Gasteiger partial charge in [0.25, 0.3) is 0 Å². The number of hydrogen-bond donors (Lipinski definition) is 0. The zero-order valence-electron chi connectivity index (χ0n) is 11.5. The molecule has 102 valence electrons. The van der Waals surface area contributed by atoms with Gasteiger partial charge in [-0.3, -0.25) is 4.79 Å². The Balaban J connectivity index is 1.82. The Hall–Kier alpha value is -0.830. The van der Waals surface area contributed by atoms with E-state index in [0.29, 0.717) is 18.4 Å². The van der Waals surface area contributed by atoms with Crippen LogP contribution in [-0.2, 0) is 9.53 Å². The molecule has 2 aliphatic rings. The molecule has 0 spiro atoms. The molecule has 1 heterocycles. The molecule has 3 nitrogen and oxygen atoms in total. The SMILES string of the molecule is C=C(C)CN(CC1CO1)C(=O)CC1CCCCC1. The number of amides is 1. The molecular formula is C15H25NO2. The molecule has 1 aliphatic carbocycles. The van der Waals surface area contributed by atoms with E-state index in [2.05, 4.69) is 6.58 Å². The second-order valence-electron chi connectivity index (χ2n) is 5.89. The molecule has 0 bridgehead atoms. The maximum Gasteiger partial charge on any atom is 0.223 e. The second kappa shape index (κ2) is 6.37. The number of carbonyl (C=O) groups excluding carboxylic acids is 1. The Morgan fingerprint density at radius 3 is 2.56 bits per heavy atom. The first-order valence-electron chi connectivity index (χ1n) is 7.19. The zero-order chi connectivity index (χ0) is 13.0. The van der Waals surface area contributed by atoms with E-state index in [1.165, 1.54) is 32.1 Å². The summed E-state index contributed by atoms with van der Waals surface area (Å²) in [6.07, 6.45) is 7.39. The largest absolute Gasteiger partial charge is 0.371 e. The highest BCUT2D eigenvalue weighted by molar-refractivity contribution is 5.76. The van der Waals surface area contributed by atoms with Crippen molar-refractivity contribution in [2.75, 3.05) is 19.7 Å². The van der Waals surface area contributed by atoms with Crippen molar-refractivity contribution in [3.63, 3.8) is 0 Å². The van der Waals surface area contributed by atoms with Crippen LogP contribution in [0.15, 0.2) is 12.2 Å². The molecule has 0 aromatic rings. The summed E-state index contributed by atoms with van der Waals surface area (Å²) in [5, 5.41) is 0. The third kappa shape index (κ3) is 4.45. The maximum absolute atomic E-state index is 12.3. The molecule has 1 amide bonds. The van der Waals surface area contributed by atoms with E-state index in [4.69, 9.17) is 4.74 Å². The summed E-state index contributed by atoms with van der Waals surface area (Å²) in [6, 6.07) is 0. The van der Waals surface area contributed by atoms with Crippen molar-refractivity contribution in [2.45, 2.75) is 51.6 Å². The molecule has 1 unspecified atom stereocenters. The quantitative estimate of drug-likeness (QED) is 0.537. The number of rotatable bonds is 6. The number of nitrogens with zero attached hydrogens (tertiary/aromatic N) is 1. The van der Waals surface area contributed by atoms with Crippen LogP contribution in [-0.4, -0.2) is 36.6 Å². The Kier molecular flexibility index (Phi) is 4.81. The summed E-state index contributed by atoms with van der Waals surface area (Å²) in [6.45, 7) is 8.14. The number of epoxide rings is 1. The summed E-state index contributed by atoms with van der Waals surface area (Å²) < 4.78 is 5.24. The van der Waals surface area contributed by atoms with E-state index in [1.807, 2.05) is 11.8 Å². The average molecular weight is 251 g/mol. The Labute approximate surface area is 110 Å². The highest BCUT2D eigenvalue weighted by Crippen LogP contribution is 2.27. The lowest BCUT2D eigenvalue weighted by atomic mass is 9.86. The first-order chi connectivity index (χ1) is 8.65. The van der Waals surface area contributed by atoms with Crippen LogP contribution in [0.2, 0.25) is 0 Å². The summed E-state index contributed by atoms with van der Waals surface area (Å²) >= 11 is 0. The summed E-state index contributed by atoms with van der Waals surface area (Å²) in [4.78, 5) is 14.3. The standard InChI is InChI=1S/C15H25NO2/c1-12(2)9-16(10-14-11-18-14)15(17)8-13-6-4-3-5-7-13/h13-14H,1,3-11H2,2H3. The molecule has 1 atom stereocenters. The maximum atomic E-state index is 12.3. The molecule has 2 fully saturated rings. The molecule has 1 aliphatic heterocycles. The highest BCUT2D eigenvalue weighted by atomic mass is 16.6. The highest BCUT2D eigenvalue weighted by Gasteiger charge is 2.29. The van der Waals surface area contributed by atoms with Crippen molar-refractivity contribution >= 4 is 5.91 Å². The summed E-state index contributed by atoms with van der Waals surface area (Å²) in [7, 11) is 0. The van der Waals surface area contributed by atoms with Crippen molar-refractivity contribution in [1.29, 1.82) is 0 Å². The number of carbonyl (C=O) groups is 1. The third-order valence-corrected chi connectivity index (χ3v) is 3.83. The Morgan fingerprint density at radius 1 is 1.33 bits per heavy atom. The van der Waals surface area contributed by atoms with Gasteiger partial charge in [0.05, 0.1) is 12.7 Å². The van der Waals surface area contributed by atoms with Gasteiger partial charge in [-0.05, 0) is 25.7 Å². The second-order valence-corrected chi connectivity index (χ2v) is 5.89. The van der Waals surface area contributed by atoms with E-state index >= 15 is 0 Å². The average Bonchev–Trinajstić information content (AvgIpc) is 3.13. The van der Waals surface area contributed by atoms with Gasteiger partial charge in [0.15, 0.2) is 0 Å². The van der Waals surface area contributed by atoms with Gasteiger partial charge in [0.1, 0.15) is 0 Å². The molecule has 0 radical (unpaired) electrons. The van der Waals surface area contributed by atoms with E-state index < -0.39 is 0 Å². The number of hydrogen-bond acceptors (Lipinski definition) is 2. The van der Waals surface area contributed by atoms with Crippen LogP contribution in [0, 0.1) is 5.92 Å². The molecule has 3 heteroatoms. The van der Waals surface area contributed by atoms with Gasteiger partial charge in [0, 0.05) is 19.5 Å². The summed E-state index contributed by atoms with van der Waals surface area (Å²) in [5.41, 5.74) is 1.05. The molecule has 1 saturated heterocycles. The zero-order valence-corrected chi connectivity index (χ0v) is 11.5. The van der Waals surface area contributed by atoms with Gasteiger partial charge in [-0.25, -0.2) is 0 Å². The molecular weight excluding hydrogens is 226 g/mol.